The second kappa shape index (κ2) is 2.99. The fourth-order valence-electron chi connectivity index (χ4n) is 2.60. The first-order chi connectivity index (χ1) is 7.17. The standard InChI is InChI=1S/C13H17NO/c14-13(7-9-4-5-9)8-12(13)10-2-1-3-11(15)6-10/h1-3,6,9,12,15H,4-5,7-8,14H2. The van der Waals surface area contributed by atoms with Crippen LogP contribution in [0.15, 0.2) is 24.3 Å². The van der Waals surface area contributed by atoms with Gasteiger partial charge < -0.3 is 10.8 Å². The Kier molecular flexibility index (Phi) is 1.84. The van der Waals surface area contributed by atoms with Gasteiger partial charge in [-0.05, 0) is 36.5 Å². The molecule has 0 bridgehead atoms. The van der Waals surface area contributed by atoms with E-state index in [4.69, 9.17) is 5.73 Å². The van der Waals surface area contributed by atoms with Crippen LogP contribution in [-0.2, 0) is 0 Å². The van der Waals surface area contributed by atoms with Crippen LogP contribution in [0.3, 0.4) is 0 Å². The molecule has 1 aromatic carbocycles. The molecule has 0 aliphatic heterocycles. The maximum atomic E-state index is 9.41. The van der Waals surface area contributed by atoms with Crippen LogP contribution in [0.5, 0.6) is 5.75 Å². The smallest absolute Gasteiger partial charge is 0.115 e. The first-order valence-electron chi connectivity index (χ1n) is 5.75. The Morgan fingerprint density at radius 1 is 1.40 bits per heavy atom. The second-order valence-electron chi connectivity index (χ2n) is 5.23. The lowest BCUT2D eigenvalue weighted by Gasteiger charge is -2.10. The minimum atomic E-state index is 0.0367. The van der Waals surface area contributed by atoms with Crippen molar-refractivity contribution in [2.24, 2.45) is 11.7 Å². The molecule has 0 aromatic heterocycles. The van der Waals surface area contributed by atoms with Crippen LogP contribution in [0.2, 0.25) is 0 Å². The largest absolute Gasteiger partial charge is 0.508 e. The van der Waals surface area contributed by atoms with Gasteiger partial charge in [0.15, 0.2) is 0 Å². The molecule has 3 N–H and O–H groups in total. The molecule has 0 spiro atoms. The first-order valence-corrected chi connectivity index (χ1v) is 5.75. The van der Waals surface area contributed by atoms with E-state index in [1.165, 1.54) is 24.8 Å². The van der Waals surface area contributed by atoms with E-state index in [1.807, 2.05) is 12.1 Å². The van der Waals surface area contributed by atoms with E-state index in [-0.39, 0.29) is 5.54 Å². The molecule has 2 saturated carbocycles. The molecule has 0 radical (unpaired) electrons. The highest BCUT2D eigenvalue weighted by Crippen LogP contribution is 2.56. The Bertz CT molecular complexity index is 386. The van der Waals surface area contributed by atoms with E-state index in [9.17, 15) is 5.11 Å². The van der Waals surface area contributed by atoms with E-state index in [0.717, 1.165) is 12.3 Å². The molecule has 2 aliphatic rings. The molecule has 15 heavy (non-hydrogen) atoms. The highest BCUT2D eigenvalue weighted by molar-refractivity contribution is 5.37. The summed E-state index contributed by atoms with van der Waals surface area (Å²) < 4.78 is 0. The monoisotopic (exact) mass is 203 g/mol. The highest BCUT2D eigenvalue weighted by atomic mass is 16.3. The second-order valence-corrected chi connectivity index (χ2v) is 5.23. The van der Waals surface area contributed by atoms with E-state index in [2.05, 4.69) is 6.07 Å². The van der Waals surface area contributed by atoms with Crippen LogP contribution in [0, 0.1) is 5.92 Å². The van der Waals surface area contributed by atoms with Crippen LogP contribution in [-0.4, -0.2) is 10.6 Å². The van der Waals surface area contributed by atoms with Gasteiger partial charge in [-0.2, -0.15) is 0 Å². The molecule has 0 amide bonds. The lowest BCUT2D eigenvalue weighted by atomic mass is 10.0. The minimum Gasteiger partial charge on any atom is -0.508 e. The third kappa shape index (κ3) is 1.74. The van der Waals surface area contributed by atoms with Gasteiger partial charge in [0.25, 0.3) is 0 Å². The van der Waals surface area contributed by atoms with E-state index in [0.29, 0.717) is 11.7 Å². The van der Waals surface area contributed by atoms with Crippen LogP contribution in [0.25, 0.3) is 0 Å². The maximum Gasteiger partial charge on any atom is 0.115 e. The van der Waals surface area contributed by atoms with Crippen molar-refractivity contribution < 1.29 is 5.11 Å². The summed E-state index contributed by atoms with van der Waals surface area (Å²) in [6, 6.07) is 7.55. The number of nitrogens with two attached hydrogens (primary N) is 1. The molecule has 2 heteroatoms. The van der Waals surface area contributed by atoms with Gasteiger partial charge in [0.1, 0.15) is 5.75 Å². The lowest BCUT2D eigenvalue weighted by molar-refractivity contribution is 0.474. The molecule has 0 heterocycles. The number of aromatic hydroxyl groups is 1. The fourth-order valence-corrected chi connectivity index (χ4v) is 2.60. The van der Waals surface area contributed by atoms with Crippen molar-refractivity contribution in [2.45, 2.75) is 37.1 Å². The van der Waals surface area contributed by atoms with Crippen molar-refractivity contribution >= 4 is 0 Å². The Balaban J connectivity index is 1.74. The summed E-state index contributed by atoms with van der Waals surface area (Å²) in [6.45, 7) is 0. The van der Waals surface area contributed by atoms with Gasteiger partial charge in [0.05, 0.1) is 0 Å². The predicted octanol–water partition coefficient (Wildman–Crippen LogP) is 2.38. The van der Waals surface area contributed by atoms with Gasteiger partial charge in [-0.3, -0.25) is 0 Å². The Morgan fingerprint density at radius 2 is 2.20 bits per heavy atom. The summed E-state index contributed by atoms with van der Waals surface area (Å²) in [5.74, 6) is 1.72. The third-order valence-corrected chi connectivity index (χ3v) is 3.76. The SMILES string of the molecule is NC1(CC2CC2)CC1c1cccc(O)c1. The van der Waals surface area contributed by atoms with Crippen LogP contribution in [0.4, 0.5) is 0 Å². The molecule has 80 valence electrons. The summed E-state index contributed by atoms with van der Waals surface area (Å²) >= 11 is 0. The molecule has 3 rings (SSSR count). The number of rotatable bonds is 3. The molecular weight excluding hydrogens is 186 g/mol. The van der Waals surface area contributed by atoms with Crippen molar-refractivity contribution in [3.8, 4) is 5.75 Å². The average molecular weight is 203 g/mol. The van der Waals surface area contributed by atoms with Crippen molar-refractivity contribution in [1.29, 1.82) is 0 Å². The molecular formula is C13H17NO. The number of phenolic OH excluding ortho intramolecular Hbond substituents is 1. The predicted molar refractivity (Wildman–Crippen MR) is 59.7 cm³/mol. The van der Waals surface area contributed by atoms with Gasteiger partial charge in [0, 0.05) is 11.5 Å². The molecule has 0 saturated heterocycles. The van der Waals surface area contributed by atoms with Gasteiger partial charge in [0.2, 0.25) is 0 Å². The number of benzene rings is 1. The highest BCUT2D eigenvalue weighted by Gasteiger charge is 2.53. The van der Waals surface area contributed by atoms with Gasteiger partial charge in [-0.25, -0.2) is 0 Å². The van der Waals surface area contributed by atoms with E-state index >= 15 is 0 Å². The zero-order chi connectivity index (χ0) is 10.5. The Morgan fingerprint density at radius 3 is 2.87 bits per heavy atom. The third-order valence-electron chi connectivity index (χ3n) is 3.76. The molecule has 2 nitrogen and oxygen atoms in total. The summed E-state index contributed by atoms with van der Waals surface area (Å²) in [5, 5.41) is 9.41. The molecule has 1 aromatic rings. The number of phenols is 1. The van der Waals surface area contributed by atoms with Crippen molar-refractivity contribution in [3.63, 3.8) is 0 Å². The average Bonchev–Trinajstić information content (AvgIpc) is 3.07. The molecule has 2 unspecified atom stereocenters. The Labute approximate surface area is 90.1 Å². The fraction of sp³-hybridized carbons (Fsp3) is 0.538. The first kappa shape index (κ1) is 9.22. The molecule has 2 aliphatic carbocycles. The van der Waals surface area contributed by atoms with Gasteiger partial charge in [-0.1, -0.05) is 25.0 Å². The quantitative estimate of drug-likeness (QED) is 0.792. The van der Waals surface area contributed by atoms with E-state index < -0.39 is 0 Å². The van der Waals surface area contributed by atoms with Crippen molar-refractivity contribution in [3.05, 3.63) is 29.8 Å². The zero-order valence-corrected chi connectivity index (χ0v) is 8.82. The summed E-state index contributed by atoms with van der Waals surface area (Å²) in [4.78, 5) is 0. The van der Waals surface area contributed by atoms with E-state index in [1.54, 1.807) is 6.07 Å². The zero-order valence-electron chi connectivity index (χ0n) is 8.82. The van der Waals surface area contributed by atoms with Crippen LogP contribution >= 0.6 is 0 Å². The summed E-state index contributed by atoms with van der Waals surface area (Å²) in [5.41, 5.74) is 7.58. The lowest BCUT2D eigenvalue weighted by Crippen LogP contribution is -2.24. The van der Waals surface area contributed by atoms with Crippen LogP contribution < -0.4 is 5.73 Å². The number of hydrogen-bond donors (Lipinski definition) is 2. The number of hydrogen-bond acceptors (Lipinski definition) is 2. The topological polar surface area (TPSA) is 46.2 Å². The van der Waals surface area contributed by atoms with Crippen LogP contribution in [0.1, 0.15) is 37.2 Å². The van der Waals surface area contributed by atoms with Gasteiger partial charge >= 0.3 is 0 Å². The van der Waals surface area contributed by atoms with Gasteiger partial charge in [-0.15, -0.1) is 0 Å². The van der Waals surface area contributed by atoms with Crippen molar-refractivity contribution in [2.75, 3.05) is 0 Å². The minimum absolute atomic E-state index is 0.0367. The molecule has 2 fully saturated rings. The summed E-state index contributed by atoms with van der Waals surface area (Å²) in [7, 11) is 0. The Hall–Kier alpha value is -1.02. The maximum absolute atomic E-state index is 9.41. The normalized spacial score (nSPS) is 34.1. The van der Waals surface area contributed by atoms with Crippen molar-refractivity contribution in [1.82, 2.24) is 0 Å². The summed E-state index contributed by atoms with van der Waals surface area (Å²) in [6.07, 6.45) is 5.00. The molecule has 2 atom stereocenters.